The standard InChI is InChI=1S/C46H82O14P2/c1-4-42(47)34-30-26-22-18-14-10-6-8-12-16-20-24-28-32-36-46(50)60-44(40-59-62(54,55)58-38-43(48)37-57-61(51,52)53)39-56-45(49)35-31-27-23-19-15-11-7-5-9-13-17-21-25-29-33-41(2)3/h8,10,12,14,20,22,24,26,30,34,41-44,47-48H,4-7,9,11,13,15-19,21,23,25,27-29,31-33,35-40H2,1-3H3,(H,54,55)(H2,51,52,53)/b12-8-,14-10-,24-20-,26-22-,34-30+/t42-,43+,44-/m1/s1. The minimum atomic E-state index is -4.88. The van der Waals surface area contributed by atoms with E-state index in [9.17, 15) is 33.8 Å². The van der Waals surface area contributed by atoms with Crippen molar-refractivity contribution in [3.8, 4) is 0 Å². The lowest BCUT2D eigenvalue weighted by Gasteiger charge is -2.20. The number of aliphatic hydroxyl groups excluding tert-OH is 2. The number of hydrogen-bond donors (Lipinski definition) is 5. The molecule has 0 aromatic rings. The number of hydrogen-bond acceptors (Lipinski definition) is 11. The van der Waals surface area contributed by atoms with Gasteiger partial charge in [0.2, 0.25) is 0 Å². The molecule has 62 heavy (non-hydrogen) atoms. The normalized spacial score (nSPS) is 15.1. The molecular weight excluding hydrogens is 838 g/mol. The van der Waals surface area contributed by atoms with Gasteiger partial charge >= 0.3 is 27.6 Å². The number of allylic oxidation sites excluding steroid dienone is 9. The molecule has 0 spiro atoms. The minimum Gasteiger partial charge on any atom is -0.462 e. The fraction of sp³-hybridized carbons (Fsp3) is 0.739. The van der Waals surface area contributed by atoms with Gasteiger partial charge in [-0.25, -0.2) is 9.13 Å². The van der Waals surface area contributed by atoms with Gasteiger partial charge in [-0.2, -0.15) is 0 Å². The molecule has 0 fully saturated rings. The van der Waals surface area contributed by atoms with Gasteiger partial charge in [-0.1, -0.05) is 171 Å². The van der Waals surface area contributed by atoms with Gasteiger partial charge in [0.15, 0.2) is 6.10 Å². The van der Waals surface area contributed by atoms with Crippen molar-refractivity contribution < 1.29 is 66.7 Å². The van der Waals surface area contributed by atoms with E-state index >= 15 is 0 Å². The first-order valence-corrected chi connectivity index (χ1v) is 26.0. The number of phosphoric ester groups is 2. The van der Waals surface area contributed by atoms with Gasteiger partial charge in [-0.3, -0.25) is 23.2 Å². The second-order valence-corrected chi connectivity index (χ2v) is 18.7. The summed E-state index contributed by atoms with van der Waals surface area (Å²) in [6, 6.07) is 0. The van der Waals surface area contributed by atoms with Crippen molar-refractivity contribution in [2.24, 2.45) is 5.92 Å². The van der Waals surface area contributed by atoms with E-state index in [1.807, 2.05) is 43.4 Å². The second-order valence-electron chi connectivity index (χ2n) is 16.0. The molecule has 0 radical (unpaired) electrons. The molecule has 0 aromatic heterocycles. The molecule has 1 unspecified atom stereocenters. The van der Waals surface area contributed by atoms with Gasteiger partial charge in [0, 0.05) is 12.8 Å². The molecular formula is C46H82O14P2. The Balaban J connectivity index is 4.59. The first-order chi connectivity index (χ1) is 29.6. The molecule has 0 saturated carbocycles. The molecule has 0 heterocycles. The highest BCUT2D eigenvalue weighted by Gasteiger charge is 2.28. The maximum absolute atomic E-state index is 12.7. The highest BCUT2D eigenvalue weighted by atomic mass is 31.2. The Hall–Kier alpha value is -2.22. The SMILES string of the molecule is CC[C@@H](O)/C=C/C=C\C/C=C\C/C=C\C/C=C\CCCC(=O)O[C@H](COC(=O)CCCCCCCCCCCCCCCCC(C)C)COP(=O)(O)OC[C@@H](O)COP(=O)(O)O. The summed E-state index contributed by atoms with van der Waals surface area (Å²) in [5, 5.41) is 19.2. The average molecular weight is 921 g/mol. The van der Waals surface area contributed by atoms with Crippen LogP contribution in [0.1, 0.15) is 168 Å². The molecule has 360 valence electrons. The molecule has 0 aliphatic rings. The molecule has 0 rings (SSSR count). The van der Waals surface area contributed by atoms with Gasteiger partial charge < -0.3 is 34.4 Å². The number of carbonyl (C=O) groups excluding carboxylic acids is 2. The van der Waals surface area contributed by atoms with Crippen LogP contribution in [0.3, 0.4) is 0 Å². The van der Waals surface area contributed by atoms with Crippen molar-refractivity contribution in [3.63, 3.8) is 0 Å². The molecule has 0 bridgehead atoms. The van der Waals surface area contributed by atoms with E-state index in [0.29, 0.717) is 25.7 Å². The molecule has 0 amide bonds. The molecule has 14 nitrogen and oxygen atoms in total. The number of ether oxygens (including phenoxy) is 2. The number of unbranched alkanes of at least 4 members (excludes halogenated alkanes) is 14. The molecule has 4 atom stereocenters. The van der Waals surface area contributed by atoms with Crippen molar-refractivity contribution in [1.29, 1.82) is 0 Å². The summed E-state index contributed by atoms with van der Waals surface area (Å²) in [5.74, 6) is -0.312. The van der Waals surface area contributed by atoms with Crippen LogP contribution in [0, 0.1) is 5.92 Å². The second kappa shape index (κ2) is 40.3. The smallest absolute Gasteiger partial charge is 0.462 e. The number of esters is 2. The van der Waals surface area contributed by atoms with Gasteiger partial charge in [-0.15, -0.1) is 0 Å². The van der Waals surface area contributed by atoms with E-state index in [-0.39, 0.29) is 12.8 Å². The Morgan fingerprint density at radius 3 is 1.60 bits per heavy atom. The third kappa shape index (κ3) is 44.4. The predicted octanol–water partition coefficient (Wildman–Crippen LogP) is 10.8. The lowest BCUT2D eigenvalue weighted by Crippen LogP contribution is -2.29. The van der Waals surface area contributed by atoms with E-state index in [0.717, 1.165) is 44.4 Å². The topological polar surface area (TPSA) is 216 Å². The molecule has 5 N–H and O–H groups in total. The Kier molecular flexibility index (Phi) is 38.9. The van der Waals surface area contributed by atoms with Crippen LogP contribution in [0.4, 0.5) is 0 Å². The van der Waals surface area contributed by atoms with E-state index in [4.69, 9.17) is 23.8 Å². The minimum absolute atomic E-state index is 0.0383. The van der Waals surface area contributed by atoms with Gasteiger partial charge in [0.05, 0.1) is 25.9 Å². The zero-order chi connectivity index (χ0) is 46.2. The van der Waals surface area contributed by atoms with Crippen molar-refractivity contribution in [2.45, 2.75) is 187 Å². The predicted molar refractivity (Wildman–Crippen MR) is 245 cm³/mol. The molecule has 0 saturated heterocycles. The lowest BCUT2D eigenvalue weighted by molar-refractivity contribution is -0.161. The van der Waals surface area contributed by atoms with Crippen LogP contribution in [0.5, 0.6) is 0 Å². The Labute approximate surface area is 373 Å². The largest absolute Gasteiger partial charge is 0.472 e. The molecule has 16 heteroatoms. The molecule has 0 aromatic carbocycles. The van der Waals surface area contributed by atoms with E-state index in [1.54, 1.807) is 6.08 Å². The zero-order valence-electron chi connectivity index (χ0n) is 38.0. The fourth-order valence-corrected chi connectivity index (χ4v) is 7.03. The first-order valence-electron chi connectivity index (χ1n) is 22.9. The zero-order valence-corrected chi connectivity index (χ0v) is 39.8. The first kappa shape index (κ1) is 59.8. The van der Waals surface area contributed by atoms with Crippen molar-refractivity contribution in [2.75, 3.05) is 26.4 Å². The summed E-state index contributed by atoms with van der Waals surface area (Å²) < 4.78 is 47.8. The third-order valence-electron chi connectivity index (χ3n) is 9.50. The van der Waals surface area contributed by atoms with Crippen molar-refractivity contribution in [1.82, 2.24) is 0 Å². The van der Waals surface area contributed by atoms with Crippen LogP contribution in [-0.2, 0) is 41.8 Å². The van der Waals surface area contributed by atoms with E-state index < -0.39 is 72.3 Å². The van der Waals surface area contributed by atoms with Crippen LogP contribution in [0.25, 0.3) is 0 Å². The summed E-state index contributed by atoms with van der Waals surface area (Å²) in [4.78, 5) is 52.7. The maximum Gasteiger partial charge on any atom is 0.472 e. The monoisotopic (exact) mass is 921 g/mol. The number of rotatable bonds is 42. The number of aliphatic hydroxyl groups is 2. The summed E-state index contributed by atoms with van der Waals surface area (Å²) >= 11 is 0. The Morgan fingerprint density at radius 1 is 0.565 bits per heavy atom. The van der Waals surface area contributed by atoms with E-state index in [1.165, 1.54) is 70.6 Å². The Bertz CT molecular complexity index is 1360. The van der Waals surface area contributed by atoms with E-state index in [2.05, 4.69) is 41.1 Å². The van der Waals surface area contributed by atoms with Gasteiger partial charge in [0.1, 0.15) is 12.7 Å². The third-order valence-corrected chi connectivity index (χ3v) is 10.9. The summed E-state index contributed by atoms with van der Waals surface area (Å²) in [6.07, 6.45) is 38.9. The quantitative estimate of drug-likeness (QED) is 0.0127. The molecule has 0 aliphatic heterocycles. The average Bonchev–Trinajstić information content (AvgIpc) is 3.22. The van der Waals surface area contributed by atoms with Gasteiger partial charge in [0.25, 0.3) is 0 Å². The fourth-order valence-electron chi connectivity index (χ4n) is 5.87. The highest BCUT2D eigenvalue weighted by molar-refractivity contribution is 7.47. The van der Waals surface area contributed by atoms with Gasteiger partial charge in [-0.05, 0) is 50.9 Å². The van der Waals surface area contributed by atoms with Crippen molar-refractivity contribution >= 4 is 27.6 Å². The number of phosphoric acid groups is 2. The van der Waals surface area contributed by atoms with Crippen LogP contribution < -0.4 is 0 Å². The highest BCUT2D eigenvalue weighted by Crippen LogP contribution is 2.43. The lowest BCUT2D eigenvalue weighted by atomic mass is 10.0. The van der Waals surface area contributed by atoms with Crippen molar-refractivity contribution in [3.05, 3.63) is 60.8 Å². The summed E-state index contributed by atoms with van der Waals surface area (Å²) in [7, 11) is -9.71. The van der Waals surface area contributed by atoms with Crippen LogP contribution >= 0.6 is 15.6 Å². The van der Waals surface area contributed by atoms with Crippen LogP contribution in [-0.4, -0.2) is 81.6 Å². The summed E-state index contributed by atoms with van der Waals surface area (Å²) in [5.41, 5.74) is 0. The Morgan fingerprint density at radius 2 is 1.05 bits per heavy atom. The summed E-state index contributed by atoms with van der Waals surface area (Å²) in [6.45, 7) is 3.69. The van der Waals surface area contributed by atoms with Crippen LogP contribution in [0.2, 0.25) is 0 Å². The molecule has 0 aliphatic carbocycles. The maximum atomic E-state index is 12.7. The number of carbonyl (C=O) groups is 2. The van der Waals surface area contributed by atoms with Crippen LogP contribution in [0.15, 0.2) is 60.8 Å².